The average molecular weight is 459 g/mol. The average Bonchev–Trinajstić information content (AvgIpc) is 3.55. The number of hydrogen-bond donors (Lipinski definition) is 0. The summed E-state index contributed by atoms with van der Waals surface area (Å²) in [5.41, 5.74) is 2.28. The van der Waals surface area contributed by atoms with E-state index in [1.807, 2.05) is 60.2 Å². The first-order valence-corrected chi connectivity index (χ1v) is 10.8. The van der Waals surface area contributed by atoms with Crippen LogP contribution in [0.1, 0.15) is 6.92 Å². The second kappa shape index (κ2) is 7.27. The summed E-state index contributed by atoms with van der Waals surface area (Å²) in [7, 11) is 3.07. The van der Waals surface area contributed by atoms with Crippen molar-refractivity contribution in [2.75, 3.05) is 13.4 Å². The molecular weight excluding hydrogens is 438 g/mol. The van der Waals surface area contributed by atoms with E-state index in [-0.39, 0.29) is 6.79 Å². The number of hydrogen-bond acceptors (Lipinski definition) is 6. The number of aryl methyl sites for hydroxylation is 1. The predicted octanol–water partition coefficient (Wildman–Crippen LogP) is 2.47. The summed E-state index contributed by atoms with van der Waals surface area (Å²) in [4.78, 5) is 30.3. The van der Waals surface area contributed by atoms with Crippen LogP contribution >= 0.6 is 0 Å². The van der Waals surface area contributed by atoms with Crippen LogP contribution in [-0.4, -0.2) is 36.5 Å². The molecule has 0 radical (unpaired) electrons. The summed E-state index contributed by atoms with van der Waals surface area (Å²) in [5.74, 6) is 2.59. The Morgan fingerprint density at radius 3 is 2.53 bits per heavy atom. The normalized spacial score (nSPS) is 12.7. The lowest BCUT2D eigenvalue weighted by Gasteiger charge is -2.11. The molecule has 1 aliphatic rings. The Balaban J connectivity index is 1.68. The van der Waals surface area contributed by atoms with Gasteiger partial charge < -0.3 is 14.2 Å². The zero-order valence-electron chi connectivity index (χ0n) is 18.8. The van der Waals surface area contributed by atoms with Gasteiger partial charge in [-0.3, -0.25) is 22.9 Å². The van der Waals surface area contributed by atoms with Gasteiger partial charge in [0, 0.05) is 31.5 Å². The molecule has 0 N–H and O–H groups in total. The first kappa shape index (κ1) is 20.2. The highest BCUT2D eigenvalue weighted by atomic mass is 16.7. The van der Waals surface area contributed by atoms with Gasteiger partial charge in [0.15, 0.2) is 22.7 Å². The monoisotopic (exact) mass is 459 g/mol. The molecule has 0 atom stereocenters. The van der Waals surface area contributed by atoms with Crippen molar-refractivity contribution in [2.24, 2.45) is 14.1 Å². The highest BCUT2D eigenvalue weighted by Crippen LogP contribution is 2.37. The number of imidazole rings is 2. The van der Waals surface area contributed by atoms with Crippen LogP contribution in [0.5, 0.6) is 17.2 Å². The maximum absolute atomic E-state index is 13.1. The van der Waals surface area contributed by atoms with Gasteiger partial charge in [0.05, 0.1) is 12.3 Å². The third kappa shape index (κ3) is 2.78. The summed E-state index contributed by atoms with van der Waals surface area (Å²) >= 11 is 0. The first-order valence-electron chi connectivity index (χ1n) is 10.8. The van der Waals surface area contributed by atoms with Gasteiger partial charge in [0.25, 0.3) is 5.56 Å². The van der Waals surface area contributed by atoms with E-state index in [0.717, 1.165) is 27.3 Å². The van der Waals surface area contributed by atoms with Crippen LogP contribution in [-0.2, 0) is 14.1 Å². The fraction of sp³-hybridized carbons (Fsp3) is 0.208. The second-order valence-electron chi connectivity index (χ2n) is 8.00. The molecule has 4 heterocycles. The molecule has 1 aliphatic heterocycles. The van der Waals surface area contributed by atoms with Crippen molar-refractivity contribution in [3.05, 3.63) is 69.5 Å². The standard InChI is InChI=1S/C24H21N5O5/c1-4-32-16-8-6-15(7-9-16)29-17(14-5-10-18-19(11-14)34-13-33-18)12-28-20-21(25-23(28)29)26(2)24(31)27(3)22(20)30/h5-12H,4,13H2,1-3H3. The smallest absolute Gasteiger partial charge is 0.332 e. The molecule has 10 heteroatoms. The van der Waals surface area contributed by atoms with Gasteiger partial charge >= 0.3 is 5.69 Å². The van der Waals surface area contributed by atoms with Gasteiger partial charge in [-0.05, 0) is 49.4 Å². The van der Waals surface area contributed by atoms with Crippen molar-refractivity contribution in [3.8, 4) is 34.2 Å². The number of fused-ring (bicyclic) bond motifs is 4. The fourth-order valence-electron chi connectivity index (χ4n) is 4.34. The minimum atomic E-state index is -0.429. The molecule has 6 rings (SSSR count). The molecule has 0 saturated heterocycles. The molecule has 0 spiro atoms. The molecule has 0 unspecified atom stereocenters. The summed E-state index contributed by atoms with van der Waals surface area (Å²) < 4.78 is 22.8. The quantitative estimate of drug-likeness (QED) is 0.410. The lowest BCUT2D eigenvalue weighted by Crippen LogP contribution is -2.37. The van der Waals surface area contributed by atoms with Crippen LogP contribution in [0.15, 0.2) is 58.3 Å². The molecule has 3 aromatic heterocycles. The number of aromatic nitrogens is 5. The Hall–Kier alpha value is -4.47. The van der Waals surface area contributed by atoms with Crippen molar-refractivity contribution >= 4 is 16.9 Å². The number of ether oxygens (including phenoxy) is 3. The van der Waals surface area contributed by atoms with Crippen LogP contribution in [0, 0.1) is 0 Å². The Labute approximate surface area is 192 Å². The molecule has 0 saturated carbocycles. The maximum atomic E-state index is 13.1. The van der Waals surface area contributed by atoms with Crippen LogP contribution in [0.25, 0.3) is 33.9 Å². The minimum absolute atomic E-state index is 0.177. The van der Waals surface area contributed by atoms with E-state index in [1.54, 1.807) is 11.4 Å². The Morgan fingerprint density at radius 2 is 1.76 bits per heavy atom. The highest BCUT2D eigenvalue weighted by Gasteiger charge is 2.23. The van der Waals surface area contributed by atoms with Crippen molar-refractivity contribution in [2.45, 2.75) is 6.92 Å². The Morgan fingerprint density at radius 1 is 1.00 bits per heavy atom. The maximum Gasteiger partial charge on any atom is 0.332 e. The van der Waals surface area contributed by atoms with E-state index in [0.29, 0.717) is 35.0 Å². The SMILES string of the molecule is CCOc1ccc(-n2c(-c3ccc4c(c3)OCO4)cn3c4c(=O)n(C)c(=O)n(C)c4nc23)cc1. The molecule has 0 aliphatic carbocycles. The zero-order valence-corrected chi connectivity index (χ0v) is 18.8. The summed E-state index contributed by atoms with van der Waals surface area (Å²) in [6.07, 6.45) is 1.85. The van der Waals surface area contributed by atoms with E-state index < -0.39 is 11.2 Å². The third-order valence-corrected chi connectivity index (χ3v) is 6.04. The van der Waals surface area contributed by atoms with E-state index >= 15 is 0 Å². The van der Waals surface area contributed by atoms with Crippen molar-refractivity contribution in [1.82, 2.24) is 23.1 Å². The van der Waals surface area contributed by atoms with Gasteiger partial charge in [0.2, 0.25) is 12.6 Å². The minimum Gasteiger partial charge on any atom is -0.494 e. The topological polar surface area (TPSA) is 93.9 Å². The van der Waals surface area contributed by atoms with E-state index in [4.69, 9.17) is 19.2 Å². The van der Waals surface area contributed by atoms with Crippen LogP contribution in [0.2, 0.25) is 0 Å². The van der Waals surface area contributed by atoms with Crippen LogP contribution in [0.3, 0.4) is 0 Å². The molecule has 0 amide bonds. The van der Waals surface area contributed by atoms with Crippen molar-refractivity contribution in [3.63, 3.8) is 0 Å². The largest absolute Gasteiger partial charge is 0.494 e. The molecule has 0 fully saturated rings. The number of nitrogens with zero attached hydrogens (tertiary/aromatic N) is 5. The van der Waals surface area contributed by atoms with Crippen LogP contribution in [0.4, 0.5) is 0 Å². The van der Waals surface area contributed by atoms with Gasteiger partial charge in [-0.2, -0.15) is 4.98 Å². The highest BCUT2D eigenvalue weighted by molar-refractivity contribution is 5.80. The second-order valence-corrected chi connectivity index (χ2v) is 8.00. The fourth-order valence-corrected chi connectivity index (χ4v) is 4.34. The number of benzene rings is 2. The van der Waals surface area contributed by atoms with Crippen LogP contribution < -0.4 is 25.5 Å². The Kier molecular flexibility index (Phi) is 4.31. The summed E-state index contributed by atoms with van der Waals surface area (Å²) in [5, 5.41) is 0. The Bertz CT molecular complexity index is 1700. The molecule has 10 nitrogen and oxygen atoms in total. The van der Waals surface area contributed by atoms with Gasteiger partial charge in [-0.25, -0.2) is 4.79 Å². The molecule has 2 aromatic carbocycles. The van der Waals surface area contributed by atoms with Gasteiger partial charge in [0.1, 0.15) is 5.75 Å². The lowest BCUT2D eigenvalue weighted by atomic mass is 10.1. The van der Waals surface area contributed by atoms with E-state index in [9.17, 15) is 9.59 Å². The zero-order chi connectivity index (χ0) is 23.6. The van der Waals surface area contributed by atoms with Crippen molar-refractivity contribution in [1.29, 1.82) is 0 Å². The summed E-state index contributed by atoms with van der Waals surface area (Å²) in [6.45, 7) is 2.68. The van der Waals surface area contributed by atoms with E-state index in [2.05, 4.69) is 0 Å². The predicted molar refractivity (Wildman–Crippen MR) is 125 cm³/mol. The molecule has 172 valence electrons. The number of rotatable bonds is 4. The molecule has 34 heavy (non-hydrogen) atoms. The lowest BCUT2D eigenvalue weighted by molar-refractivity contribution is 0.174. The van der Waals surface area contributed by atoms with Crippen molar-refractivity contribution < 1.29 is 14.2 Å². The molecular formula is C24H21N5O5. The first-order chi connectivity index (χ1) is 16.5. The van der Waals surface area contributed by atoms with E-state index in [1.165, 1.54) is 11.6 Å². The summed E-state index contributed by atoms with van der Waals surface area (Å²) in [6, 6.07) is 13.3. The molecule has 5 aromatic rings. The van der Waals surface area contributed by atoms with Gasteiger partial charge in [-0.15, -0.1) is 0 Å². The third-order valence-electron chi connectivity index (χ3n) is 6.04. The molecule has 0 bridgehead atoms. The van der Waals surface area contributed by atoms with Gasteiger partial charge in [-0.1, -0.05) is 0 Å².